The van der Waals surface area contributed by atoms with Crippen LogP contribution in [0.15, 0.2) is 5.18 Å². The molecule has 0 amide bonds. The zero-order valence-electron chi connectivity index (χ0n) is 5.76. The molecule has 0 N–H and O–H groups in total. The molecule has 0 spiro atoms. The Morgan fingerprint density at radius 2 is 2.56 bits per heavy atom. The fourth-order valence-electron chi connectivity index (χ4n) is 0.983. The van der Waals surface area contributed by atoms with E-state index in [-0.39, 0.29) is 6.04 Å². The van der Waals surface area contributed by atoms with Crippen molar-refractivity contribution in [2.75, 3.05) is 11.5 Å². The minimum Gasteiger partial charge on any atom is -0.182 e. The Morgan fingerprint density at radius 3 is 2.89 bits per heavy atom. The van der Waals surface area contributed by atoms with Crippen molar-refractivity contribution in [1.82, 2.24) is 0 Å². The first kappa shape index (κ1) is 6.93. The lowest BCUT2D eigenvalue weighted by atomic mass is 10.3. The van der Waals surface area contributed by atoms with Crippen molar-refractivity contribution in [1.29, 1.82) is 0 Å². The summed E-state index contributed by atoms with van der Waals surface area (Å²) in [5.74, 6) is 2.21. The first-order chi connectivity index (χ1) is 4.29. The van der Waals surface area contributed by atoms with E-state index in [0.29, 0.717) is 10.5 Å². The maximum absolute atomic E-state index is 9.99. The number of nitrogens with zero attached hydrogens (tertiary/aromatic N) is 1. The average molecular weight is 145 g/mol. The molecule has 1 aliphatic rings. The lowest BCUT2D eigenvalue weighted by Gasteiger charge is -2.26. The van der Waals surface area contributed by atoms with Crippen LogP contribution in [0.2, 0.25) is 0 Å². The van der Waals surface area contributed by atoms with Crippen LogP contribution in [0.5, 0.6) is 0 Å². The summed E-state index contributed by atoms with van der Waals surface area (Å²) in [5, 5.41) is 2.99. The summed E-state index contributed by atoms with van der Waals surface area (Å²) in [6.45, 7) is 4.20. The molecule has 0 aliphatic carbocycles. The number of hydrogen-bond acceptors (Lipinski definition) is 2. The van der Waals surface area contributed by atoms with E-state index in [9.17, 15) is 4.91 Å². The summed E-state index contributed by atoms with van der Waals surface area (Å²) in [6.07, 6.45) is 0. The van der Waals surface area contributed by atoms with Gasteiger partial charge in [-0.25, -0.2) is 0 Å². The van der Waals surface area contributed by atoms with Crippen molar-refractivity contribution in [3.05, 3.63) is 4.91 Å². The van der Waals surface area contributed by atoms with Crippen molar-refractivity contribution >= 4 is 15.3 Å². The highest BCUT2D eigenvalue weighted by molar-refractivity contribution is 8.17. The van der Waals surface area contributed by atoms with Crippen molar-refractivity contribution < 1.29 is 0 Å². The SMILES string of the molecule is CCS1=C(C)C(N=O)C1. The molecule has 2 atom stereocenters. The maximum atomic E-state index is 9.99. The Labute approximate surface area is 57.5 Å². The van der Waals surface area contributed by atoms with E-state index in [0.717, 1.165) is 5.75 Å². The smallest absolute Gasteiger partial charge is 0.126 e. The van der Waals surface area contributed by atoms with Crippen molar-refractivity contribution in [2.24, 2.45) is 5.18 Å². The lowest BCUT2D eigenvalue weighted by molar-refractivity contribution is 0.965. The third kappa shape index (κ3) is 1.06. The van der Waals surface area contributed by atoms with Crippen LogP contribution in [0, 0.1) is 4.91 Å². The number of hydrogen-bond donors (Lipinski definition) is 0. The molecule has 0 fully saturated rings. The third-order valence-electron chi connectivity index (χ3n) is 1.76. The van der Waals surface area contributed by atoms with Gasteiger partial charge in [0.1, 0.15) is 6.04 Å². The van der Waals surface area contributed by atoms with Crippen LogP contribution in [0.4, 0.5) is 0 Å². The molecule has 1 aliphatic heterocycles. The molecule has 1 heterocycles. The Morgan fingerprint density at radius 1 is 1.89 bits per heavy atom. The van der Waals surface area contributed by atoms with Gasteiger partial charge in [-0.3, -0.25) is 0 Å². The third-order valence-corrected chi connectivity index (χ3v) is 4.36. The van der Waals surface area contributed by atoms with E-state index in [1.165, 1.54) is 10.6 Å². The Bertz CT molecular complexity index is 164. The highest BCUT2D eigenvalue weighted by Crippen LogP contribution is 2.29. The first-order valence-electron chi connectivity index (χ1n) is 3.13. The Hall–Kier alpha value is -0.180. The predicted molar refractivity (Wildman–Crippen MR) is 43.3 cm³/mol. The molecule has 1 rings (SSSR count). The van der Waals surface area contributed by atoms with Crippen molar-refractivity contribution in [3.63, 3.8) is 0 Å². The topological polar surface area (TPSA) is 29.4 Å². The molecular formula is C6H11NOS. The second-order valence-corrected chi connectivity index (χ2v) is 4.72. The first-order valence-corrected chi connectivity index (χ1v) is 4.69. The Kier molecular flexibility index (Phi) is 2.01. The maximum Gasteiger partial charge on any atom is 0.126 e. The second-order valence-electron chi connectivity index (χ2n) is 2.18. The molecule has 0 aromatic carbocycles. The second kappa shape index (κ2) is 2.60. The zero-order valence-corrected chi connectivity index (χ0v) is 6.57. The molecule has 0 bridgehead atoms. The van der Waals surface area contributed by atoms with Crippen LogP contribution in [0.25, 0.3) is 0 Å². The lowest BCUT2D eigenvalue weighted by Crippen LogP contribution is -2.29. The molecule has 0 saturated heterocycles. The number of rotatable bonds is 2. The summed E-state index contributed by atoms with van der Waals surface area (Å²) in [5.41, 5.74) is 0. The van der Waals surface area contributed by atoms with Crippen LogP contribution in [0.1, 0.15) is 13.8 Å². The van der Waals surface area contributed by atoms with Crippen molar-refractivity contribution in [2.45, 2.75) is 19.9 Å². The number of nitroso groups, excluding NO2 is 1. The summed E-state index contributed by atoms with van der Waals surface area (Å²) in [6, 6.07) is 0.0632. The van der Waals surface area contributed by atoms with E-state index < -0.39 is 0 Å². The van der Waals surface area contributed by atoms with Crippen LogP contribution < -0.4 is 0 Å². The van der Waals surface area contributed by atoms with Crippen LogP contribution >= 0.6 is 10.5 Å². The van der Waals surface area contributed by atoms with E-state index in [1.54, 1.807) is 0 Å². The van der Waals surface area contributed by atoms with Gasteiger partial charge in [-0.1, -0.05) is 12.1 Å². The zero-order chi connectivity index (χ0) is 6.85. The fraction of sp³-hybridized carbons (Fsp3) is 0.833. The van der Waals surface area contributed by atoms with Gasteiger partial charge in [0.2, 0.25) is 0 Å². The van der Waals surface area contributed by atoms with E-state index in [2.05, 4.69) is 12.1 Å². The van der Waals surface area contributed by atoms with Gasteiger partial charge in [0.15, 0.2) is 0 Å². The molecule has 3 heteroatoms. The molecule has 52 valence electrons. The molecule has 2 nitrogen and oxygen atoms in total. The average Bonchev–Trinajstić information content (AvgIpc) is 1.87. The van der Waals surface area contributed by atoms with Crippen LogP contribution in [0.3, 0.4) is 0 Å². The van der Waals surface area contributed by atoms with Crippen molar-refractivity contribution in [3.8, 4) is 0 Å². The summed E-state index contributed by atoms with van der Waals surface area (Å²) in [4.78, 5) is 11.3. The highest BCUT2D eigenvalue weighted by atomic mass is 32.2. The fourth-order valence-corrected chi connectivity index (χ4v) is 2.84. The van der Waals surface area contributed by atoms with Crippen LogP contribution in [-0.2, 0) is 0 Å². The van der Waals surface area contributed by atoms with Crippen LogP contribution in [-0.4, -0.2) is 22.4 Å². The van der Waals surface area contributed by atoms with Gasteiger partial charge in [0.05, 0.1) is 0 Å². The largest absolute Gasteiger partial charge is 0.182 e. The summed E-state index contributed by atoms with van der Waals surface area (Å²) in [7, 11) is 0.445. The molecule has 9 heavy (non-hydrogen) atoms. The van der Waals surface area contributed by atoms with E-state index >= 15 is 0 Å². The summed E-state index contributed by atoms with van der Waals surface area (Å²) >= 11 is 0. The van der Waals surface area contributed by atoms with Gasteiger partial charge in [-0.05, 0) is 17.5 Å². The van der Waals surface area contributed by atoms with Gasteiger partial charge in [-0.15, -0.1) is 0 Å². The Balaban J connectivity index is 2.60. The molecular weight excluding hydrogens is 134 g/mol. The van der Waals surface area contributed by atoms with E-state index in [4.69, 9.17) is 0 Å². The highest BCUT2D eigenvalue weighted by Gasteiger charge is 2.24. The molecule has 0 aromatic heterocycles. The minimum absolute atomic E-state index is 0.0632. The van der Waals surface area contributed by atoms with Gasteiger partial charge in [-0.2, -0.15) is 15.4 Å². The van der Waals surface area contributed by atoms with Gasteiger partial charge in [0.25, 0.3) is 0 Å². The molecule has 0 aromatic rings. The molecule has 0 radical (unpaired) electrons. The standard InChI is InChI=1S/C6H11NOS/c1-3-9-4-6(7-8)5(9)2/h6H,3-4H2,1-2H3. The van der Waals surface area contributed by atoms with Gasteiger partial charge in [0, 0.05) is 5.75 Å². The molecule has 2 unspecified atom stereocenters. The van der Waals surface area contributed by atoms with E-state index in [1.807, 2.05) is 6.92 Å². The normalized spacial score (nSPS) is 33.8. The monoisotopic (exact) mass is 145 g/mol. The minimum atomic E-state index is 0.0632. The predicted octanol–water partition coefficient (Wildman–Crippen LogP) is 1.62. The quantitative estimate of drug-likeness (QED) is 0.429. The van der Waals surface area contributed by atoms with Gasteiger partial charge >= 0.3 is 0 Å². The molecule has 0 saturated carbocycles. The summed E-state index contributed by atoms with van der Waals surface area (Å²) < 4.78 is 0. The van der Waals surface area contributed by atoms with Gasteiger partial charge < -0.3 is 0 Å².